The van der Waals surface area contributed by atoms with Crippen LogP contribution in [0.3, 0.4) is 0 Å². The highest BCUT2D eigenvalue weighted by molar-refractivity contribution is 5.23. The predicted molar refractivity (Wildman–Crippen MR) is 57.0 cm³/mol. The molecular weight excluding hydrogens is 176 g/mol. The zero-order valence-corrected chi connectivity index (χ0v) is 8.44. The van der Waals surface area contributed by atoms with Gasteiger partial charge < -0.3 is 9.47 Å². The lowest BCUT2D eigenvalue weighted by Crippen LogP contribution is -1.83. The number of methoxy groups -OCH3 is 1. The Balaban J connectivity index is 2.51. The molecule has 74 valence electrons. The number of rotatable bonds is 4. The summed E-state index contributed by atoms with van der Waals surface area (Å²) in [4.78, 5) is 0. The molecule has 1 aromatic carbocycles. The van der Waals surface area contributed by atoms with Crippen LogP contribution >= 0.6 is 0 Å². The SMILES string of the molecule is CO/C=C/C(C)=C/Oc1ccccc1. The second-order valence-corrected chi connectivity index (χ2v) is 2.83. The van der Waals surface area contributed by atoms with E-state index < -0.39 is 0 Å². The largest absolute Gasteiger partial charge is 0.504 e. The Kier molecular flexibility index (Phi) is 4.35. The van der Waals surface area contributed by atoms with Crippen molar-refractivity contribution in [1.82, 2.24) is 0 Å². The third kappa shape index (κ3) is 3.81. The van der Waals surface area contributed by atoms with E-state index in [-0.39, 0.29) is 0 Å². The Morgan fingerprint density at radius 3 is 2.57 bits per heavy atom. The van der Waals surface area contributed by atoms with Crippen molar-refractivity contribution in [3.63, 3.8) is 0 Å². The Labute approximate surface area is 84.5 Å². The third-order valence-corrected chi connectivity index (χ3v) is 1.59. The van der Waals surface area contributed by atoms with Crippen LogP contribution in [-0.4, -0.2) is 7.11 Å². The second-order valence-electron chi connectivity index (χ2n) is 2.83. The van der Waals surface area contributed by atoms with Crippen molar-refractivity contribution in [3.8, 4) is 5.75 Å². The molecule has 0 aliphatic heterocycles. The molecule has 0 aromatic heterocycles. The predicted octanol–water partition coefficient (Wildman–Crippen LogP) is 3.13. The molecule has 0 saturated heterocycles. The first-order chi connectivity index (χ1) is 6.83. The van der Waals surface area contributed by atoms with Crippen LogP contribution in [0.4, 0.5) is 0 Å². The van der Waals surface area contributed by atoms with E-state index in [2.05, 4.69) is 0 Å². The lowest BCUT2D eigenvalue weighted by atomic mass is 10.3. The number of ether oxygens (including phenoxy) is 2. The van der Waals surface area contributed by atoms with Gasteiger partial charge in [-0.15, -0.1) is 0 Å². The summed E-state index contributed by atoms with van der Waals surface area (Å²) in [6.45, 7) is 1.94. The molecule has 0 fully saturated rings. The van der Waals surface area contributed by atoms with Crippen LogP contribution < -0.4 is 4.74 Å². The van der Waals surface area contributed by atoms with Crippen LogP contribution in [0.1, 0.15) is 6.92 Å². The van der Waals surface area contributed by atoms with E-state index >= 15 is 0 Å². The standard InChI is InChI=1S/C12H14O2/c1-11(8-9-13-2)10-14-12-6-4-3-5-7-12/h3-10H,1-2H3/b9-8+,11-10+. The van der Waals surface area contributed by atoms with Gasteiger partial charge in [0.2, 0.25) is 0 Å². The third-order valence-electron chi connectivity index (χ3n) is 1.59. The van der Waals surface area contributed by atoms with Crippen molar-refractivity contribution < 1.29 is 9.47 Å². The molecule has 0 heterocycles. The van der Waals surface area contributed by atoms with E-state index in [1.54, 1.807) is 19.6 Å². The highest BCUT2D eigenvalue weighted by Crippen LogP contribution is 2.09. The summed E-state index contributed by atoms with van der Waals surface area (Å²) in [6, 6.07) is 9.63. The van der Waals surface area contributed by atoms with Gasteiger partial charge in [0.25, 0.3) is 0 Å². The number of allylic oxidation sites excluding steroid dienone is 2. The zero-order chi connectivity index (χ0) is 10.2. The van der Waals surface area contributed by atoms with E-state index in [1.807, 2.05) is 43.3 Å². The topological polar surface area (TPSA) is 18.5 Å². The van der Waals surface area contributed by atoms with E-state index in [0.717, 1.165) is 11.3 Å². The summed E-state index contributed by atoms with van der Waals surface area (Å²) >= 11 is 0. The molecule has 14 heavy (non-hydrogen) atoms. The molecule has 2 nitrogen and oxygen atoms in total. The van der Waals surface area contributed by atoms with Crippen molar-refractivity contribution in [3.05, 3.63) is 54.5 Å². The van der Waals surface area contributed by atoms with Gasteiger partial charge in [-0.3, -0.25) is 0 Å². The molecule has 0 bridgehead atoms. The van der Waals surface area contributed by atoms with Crippen LogP contribution in [-0.2, 0) is 4.74 Å². The highest BCUT2D eigenvalue weighted by atomic mass is 16.5. The Morgan fingerprint density at radius 2 is 1.93 bits per heavy atom. The lowest BCUT2D eigenvalue weighted by Gasteiger charge is -1.99. The molecule has 0 aliphatic rings. The van der Waals surface area contributed by atoms with Gasteiger partial charge in [-0.2, -0.15) is 0 Å². The summed E-state index contributed by atoms with van der Waals surface area (Å²) in [7, 11) is 1.61. The van der Waals surface area contributed by atoms with Crippen molar-refractivity contribution >= 4 is 0 Å². The highest BCUT2D eigenvalue weighted by Gasteiger charge is 1.87. The van der Waals surface area contributed by atoms with Crippen molar-refractivity contribution in [1.29, 1.82) is 0 Å². The van der Waals surface area contributed by atoms with Crippen LogP contribution in [0.25, 0.3) is 0 Å². The molecule has 0 saturated carbocycles. The van der Waals surface area contributed by atoms with Gasteiger partial charge in [0.05, 0.1) is 19.6 Å². The van der Waals surface area contributed by atoms with Gasteiger partial charge in [0.15, 0.2) is 0 Å². The first-order valence-corrected chi connectivity index (χ1v) is 4.41. The van der Waals surface area contributed by atoms with Crippen LogP contribution in [0.5, 0.6) is 5.75 Å². The number of hydrogen-bond acceptors (Lipinski definition) is 2. The summed E-state index contributed by atoms with van der Waals surface area (Å²) in [5.74, 6) is 0.831. The summed E-state index contributed by atoms with van der Waals surface area (Å²) in [5, 5.41) is 0. The molecule has 0 spiro atoms. The molecule has 0 radical (unpaired) electrons. The fourth-order valence-electron chi connectivity index (χ4n) is 0.875. The minimum Gasteiger partial charge on any atom is -0.504 e. The van der Waals surface area contributed by atoms with Gasteiger partial charge in [0.1, 0.15) is 5.75 Å². The van der Waals surface area contributed by atoms with Gasteiger partial charge >= 0.3 is 0 Å². The minimum atomic E-state index is 0.831. The Bertz CT molecular complexity index is 312. The zero-order valence-electron chi connectivity index (χ0n) is 8.44. The Hall–Kier alpha value is -1.70. The first kappa shape index (κ1) is 10.4. The van der Waals surface area contributed by atoms with Crippen molar-refractivity contribution in [2.75, 3.05) is 7.11 Å². The second kappa shape index (κ2) is 5.86. The van der Waals surface area contributed by atoms with Gasteiger partial charge in [-0.25, -0.2) is 0 Å². The lowest BCUT2D eigenvalue weighted by molar-refractivity contribution is 0.337. The molecule has 2 heteroatoms. The number of hydrogen-bond donors (Lipinski definition) is 0. The number of para-hydroxylation sites is 1. The summed E-state index contributed by atoms with van der Waals surface area (Å²) in [5.41, 5.74) is 0.996. The van der Waals surface area contributed by atoms with E-state index in [1.165, 1.54) is 0 Å². The van der Waals surface area contributed by atoms with Crippen molar-refractivity contribution in [2.24, 2.45) is 0 Å². The maximum atomic E-state index is 5.40. The summed E-state index contributed by atoms with van der Waals surface area (Å²) in [6.07, 6.45) is 5.13. The number of benzene rings is 1. The van der Waals surface area contributed by atoms with E-state index in [9.17, 15) is 0 Å². The maximum absolute atomic E-state index is 5.40. The van der Waals surface area contributed by atoms with Gasteiger partial charge in [-0.05, 0) is 30.7 Å². The van der Waals surface area contributed by atoms with E-state index in [4.69, 9.17) is 9.47 Å². The van der Waals surface area contributed by atoms with Crippen LogP contribution in [0.2, 0.25) is 0 Å². The smallest absolute Gasteiger partial charge is 0.126 e. The molecule has 0 amide bonds. The Morgan fingerprint density at radius 1 is 1.21 bits per heavy atom. The molecular formula is C12H14O2. The summed E-state index contributed by atoms with van der Waals surface area (Å²) < 4.78 is 10.2. The maximum Gasteiger partial charge on any atom is 0.126 e. The fourth-order valence-corrected chi connectivity index (χ4v) is 0.875. The quantitative estimate of drug-likeness (QED) is 0.536. The van der Waals surface area contributed by atoms with Crippen LogP contribution in [0, 0.1) is 0 Å². The normalized spacial score (nSPS) is 11.7. The molecule has 0 aliphatic carbocycles. The molecule has 0 N–H and O–H groups in total. The monoisotopic (exact) mass is 190 g/mol. The molecule has 0 atom stereocenters. The molecule has 1 aromatic rings. The fraction of sp³-hybridized carbons (Fsp3) is 0.167. The average Bonchev–Trinajstić information content (AvgIpc) is 2.25. The van der Waals surface area contributed by atoms with Gasteiger partial charge in [0, 0.05) is 0 Å². The van der Waals surface area contributed by atoms with Crippen LogP contribution in [0.15, 0.2) is 54.5 Å². The van der Waals surface area contributed by atoms with Gasteiger partial charge in [-0.1, -0.05) is 18.2 Å². The minimum absolute atomic E-state index is 0.831. The van der Waals surface area contributed by atoms with E-state index in [0.29, 0.717) is 0 Å². The van der Waals surface area contributed by atoms with Crippen molar-refractivity contribution in [2.45, 2.75) is 6.92 Å². The molecule has 1 rings (SSSR count). The average molecular weight is 190 g/mol. The first-order valence-electron chi connectivity index (χ1n) is 4.41. The molecule has 0 unspecified atom stereocenters.